The Kier molecular flexibility index (Phi) is 3.44. The molecule has 7 heteroatoms. The van der Waals surface area contributed by atoms with E-state index in [4.69, 9.17) is 11.6 Å². The van der Waals surface area contributed by atoms with Crippen LogP contribution in [0.3, 0.4) is 0 Å². The predicted octanol–water partition coefficient (Wildman–Crippen LogP) is 0.741. The Labute approximate surface area is 105 Å². The van der Waals surface area contributed by atoms with Crippen molar-refractivity contribution in [1.82, 2.24) is 30.1 Å². The van der Waals surface area contributed by atoms with E-state index in [0.29, 0.717) is 18.1 Å². The lowest BCUT2D eigenvalue weighted by molar-refractivity contribution is 0.599. The third-order valence-electron chi connectivity index (χ3n) is 2.52. The molecule has 2 heterocycles. The van der Waals surface area contributed by atoms with E-state index in [9.17, 15) is 0 Å². The summed E-state index contributed by atoms with van der Waals surface area (Å²) >= 11 is 6.17. The van der Waals surface area contributed by atoms with Crippen LogP contribution in [0.25, 0.3) is 0 Å². The van der Waals surface area contributed by atoms with Crippen molar-refractivity contribution in [2.45, 2.75) is 20.0 Å². The van der Waals surface area contributed by atoms with Gasteiger partial charge in [-0.05, 0) is 14.0 Å². The van der Waals surface area contributed by atoms with Crippen LogP contribution in [-0.2, 0) is 20.1 Å². The molecule has 0 aromatic carbocycles. The van der Waals surface area contributed by atoms with Crippen LogP contribution in [-0.4, -0.2) is 31.8 Å². The van der Waals surface area contributed by atoms with Gasteiger partial charge in [0.25, 0.3) is 0 Å². The standard InChI is InChI=1S/C10H15ClN6/c1-7-10(11)9(16(3)14-7)6-17-5-8(4-12-2)13-15-17/h5,12H,4,6H2,1-3H3. The van der Waals surface area contributed by atoms with Gasteiger partial charge < -0.3 is 5.32 Å². The molecule has 0 amide bonds. The second-order valence-electron chi connectivity index (χ2n) is 3.91. The van der Waals surface area contributed by atoms with Crippen LogP contribution < -0.4 is 5.32 Å². The third-order valence-corrected chi connectivity index (χ3v) is 3.01. The summed E-state index contributed by atoms with van der Waals surface area (Å²) in [6, 6.07) is 0. The summed E-state index contributed by atoms with van der Waals surface area (Å²) in [4.78, 5) is 0. The fraction of sp³-hybridized carbons (Fsp3) is 0.500. The Morgan fingerprint density at radius 2 is 2.24 bits per heavy atom. The Hall–Kier alpha value is -1.40. The van der Waals surface area contributed by atoms with Gasteiger partial charge in [0.15, 0.2) is 0 Å². The molecule has 6 nitrogen and oxygen atoms in total. The molecule has 0 atom stereocenters. The van der Waals surface area contributed by atoms with Crippen LogP contribution in [0.5, 0.6) is 0 Å². The third kappa shape index (κ3) is 2.48. The number of halogens is 1. The van der Waals surface area contributed by atoms with Crippen molar-refractivity contribution in [3.63, 3.8) is 0 Å². The van der Waals surface area contributed by atoms with Crippen molar-refractivity contribution in [2.75, 3.05) is 7.05 Å². The summed E-state index contributed by atoms with van der Waals surface area (Å²) in [6.07, 6.45) is 1.90. The summed E-state index contributed by atoms with van der Waals surface area (Å²) in [5, 5.41) is 16.1. The highest BCUT2D eigenvalue weighted by molar-refractivity contribution is 6.31. The van der Waals surface area contributed by atoms with Crippen LogP contribution in [0.15, 0.2) is 6.20 Å². The molecule has 1 N–H and O–H groups in total. The molecule has 0 aliphatic heterocycles. The van der Waals surface area contributed by atoms with Crippen LogP contribution in [0.1, 0.15) is 17.1 Å². The molecule has 2 aromatic rings. The minimum atomic E-state index is 0.576. The monoisotopic (exact) mass is 254 g/mol. The summed E-state index contributed by atoms with van der Waals surface area (Å²) in [7, 11) is 3.75. The predicted molar refractivity (Wildman–Crippen MR) is 64.8 cm³/mol. The maximum absolute atomic E-state index is 6.17. The molecule has 2 aromatic heterocycles. The van der Waals surface area contributed by atoms with Gasteiger partial charge in [-0.2, -0.15) is 5.10 Å². The number of nitrogens with one attached hydrogen (secondary N) is 1. The summed E-state index contributed by atoms with van der Waals surface area (Å²) < 4.78 is 3.53. The lowest BCUT2D eigenvalue weighted by Crippen LogP contribution is -2.07. The molecule has 0 unspecified atom stereocenters. The molecule has 2 rings (SSSR count). The second kappa shape index (κ2) is 4.85. The molecule has 0 aliphatic rings. The molecular weight excluding hydrogens is 240 g/mol. The van der Waals surface area contributed by atoms with Crippen molar-refractivity contribution in [3.8, 4) is 0 Å². The number of hydrogen-bond donors (Lipinski definition) is 1. The fourth-order valence-electron chi connectivity index (χ4n) is 1.68. The molecule has 92 valence electrons. The number of hydrogen-bond acceptors (Lipinski definition) is 4. The number of rotatable bonds is 4. The lowest BCUT2D eigenvalue weighted by Gasteiger charge is -2.01. The molecule has 17 heavy (non-hydrogen) atoms. The Balaban J connectivity index is 2.19. The zero-order valence-corrected chi connectivity index (χ0v) is 10.9. The quantitative estimate of drug-likeness (QED) is 0.874. The van der Waals surface area contributed by atoms with Gasteiger partial charge in [-0.1, -0.05) is 16.8 Å². The maximum Gasteiger partial charge on any atom is 0.0964 e. The van der Waals surface area contributed by atoms with Gasteiger partial charge in [0, 0.05) is 13.6 Å². The van der Waals surface area contributed by atoms with Gasteiger partial charge in [-0.15, -0.1) is 5.10 Å². The van der Waals surface area contributed by atoms with Crippen molar-refractivity contribution < 1.29 is 0 Å². The molecular formula is C10H15ClN6. The molecule has 0 aliphatic carbocycles. The second-order valence-corrected chi connectivity index (χ2v) is 4.29. The highest BCUT2D eigenvalue weighted by Crippen LogP contribution is 2.19. The number of aryl methyl sites for hydroxylation is 2. The average Bonchev–Trinajstić information content (AvgIpc) is 2.81. The largest absolute Gasteiger partial charge is 0.314 e. The Morgan fingerprint density at radius 1 is 1.47 bits per heavy atom. The Bertz CT molecular complexity index is 515. The van der Waals surface area contributed by atoms with E-state index >= 15 is 0 Å². The smallest absolute Gasteiger partial charge is 0.0964 e. The molecule has 0 spiro atoms. The van der Waals surface area contributed by atoms with Gasteiger partial charge in [0.05, 0.1) is 34.8 Å². The minimum absolute atomic E-state index is 0.576. The van der Waals surface area contributed by atoms with Gasteiger partial charge in [0.1, 0.15) is 0 Å². The topological polar surface area (TPSA) is 60.6 Å². The van der Waals surface area contributed by atoms with E-state index in [1.54, 1.807) is 9.36 Å². The van der Waals surface area contributed by atoms with Crippen molar-refractivity contribution in [2.24, 2.45) is 7.05 Å². The maximum atomic E-state index is 6.17. The van der Waals surface area contributed by atoms with E-state index in [2.05, 4.69) is 20.7 Å². The highest BCUT2D eigenvalue weighted by atomic mass is 35.5. The van der Waals surface area contributed by atoms with Crippen LogP contribution in [0.2, 0.25) is 5.02 Å². The highest BCUT2D eigenvalue weighted by Gasteiger charge is 2.12. The molecule has 0 bridgehead atoms. The molecule has 0 fully saturated rings. The van der Waals surface area contributed by atoms with Crippen LogP contribution in [0.4, 0.5) is 0 Å². The van der Waals surface area contributed by atoms with E-state index in [1.165, 1.54) is 0 Å². The Morgan fingerprint density at radius 3 is 2.82 bits per heavy atom. The van der Waals surface area contributed by atoms with E-state index in [0.717, 1.165) is 17.1 Å². The minimum Gasteiger partial charge on any atom is -0.314 e. The summed E-state index contributed by atoms with van der Waals surface area (Å²) in [6.45, 7) is 3.17. The molecule has 0 saturated carbocycles. The summed E-state index contributed by atoms with van der Waals surface area (Å²) in [5.41, 5.74) is 2.67. The average molecular weight is 255 g/mol. The van der Waals surface area contributed by atoms with Gasteiger partial charge in [-0.25, -0.2) is 4.68 Å². The van der Waals surface area contributed by atoms with Crippen molar-refractivity contribution in [1.29, 1.82) is 0 Å². The van der Waals surface area contributed by atoms with E-state index < -0.39 is 0 Å². The normalized spacial score (nSPS) is 11.1. The van der Waals surface area contributed by atoms with Crippen molar-refractivity contribution in [3.05, 3.63) is 28.3 Å². The molecule has 0 radical (unpaired) electrons. The number of aromatic nitrogens is 5. The summed E-state index contributed by atoms with van der Waals surface area (Å²) in [5.74, 6) is 0. The fourth-order valence-corrected chi connectivity index (χ4v) is 1.90. The van der Waals surface area contributed by atoms with Crippen LogP contribution in [0, 0.1) is 6.92 Å². The first-order valence-corrected chi connectivity index (χ1v) is 5.71. The van der Waals surface area contributed by atoms with E-state index in [-0.39, 0.29) is 0 Å². The van der Waals surface area contributed by atoms with Crippen LogP contribution >= 0.6 is 11.6 Å². The number of nitrogens with zero attached hydrogens (tertiary/aromatic N) is 5. The van der Waals surface area contributed by atoms with Gasteiger partial charge in [0.2, 0.25) is 0 Å². The first kappa shape index (κ1) is 12.1. The first-order chi connectivity index (χ1) is 8.11. The first-order valence-electron chi connectivity index (χ1n) is 5.33. The van der Waals surface area contributed by atoms with Gasteiger partial charge >= 0.3 is 0 Å². The van der Waals surface area contributed by atoms with E-state index in [1.807, 2.05) is 27.2 Å². The van der Waals surface area contributed by atoms with Crippen molar-refractivity contribution >= 4 is 11.6 Å². The lowest BCUT2D eigenvalue weighted by atomic mass is 10.3. The van der Waals surface area contributed by atoms with Gasteiger partial charge in [-0.3, -0.25) is 4.68 Å². The SMILES string of the molecule is CNCc1cn(Cc2c(Cl)c(C)nn2C)nn1. The zero-order chi connectivity index (χ0) is 12.4. The molecule has 0 saturated heterocycles. The zero-order valence-electron chi connectivity index (χ0n) is 10.1.